The smallest absolute Gasteiger partial charge is 0.283 e. The van der Waals surface area contributed by atoms with Gasteiger partial charge in [0, 0.05) is 50.2 Å². The second-order valence-corrected chi connectivity index (χ2v) is 12.4. The number of aliphatic hydroxyl groups is 1. The number of ether oxygens (including phenoxy) is 1. The molecule has 0 spiro atoms. The molecule has 1 aliphatic rings. The maximum atomic E-state index is 14.9. The van der Waals surface area contributed by atoms with Crippen LogP contribution in [0, 0.1) is 5.82 Å². The number of rotatable bonds is 9. The Morgan fingerprint density at radius 3 is 2.48 bits per heavy atom. The predicted octanol–water partition coefficient (Wildman–Crippen LogP) is 4.36. The van der Waals surface area contributed by atoms with Gasteiger partial charge in [-0.15, -0.1) is 0 Å². The lowest BCUT2D eigenvalue weighted by atomic mass is 10.0. The zero-order valence-corrected chi connectivity index (χ0v) is 24.9. The Morgan fingerprint density at radius 1 is 0.977 bits per heavy atom. The third kappa shape index (κ3) is 5.59. The van der Waals surface area contributed by atoms with E-state index in [-0.39, 0.29) is 34.0 Å². The molecule has 0 bridgehead atoms. The van der Waals surface area contributed by atoms with Crippen LogP contribution in [0.25, 0.3) is 33.4 Å². The number of nitrogens with zero attached hydrogens (tertiary/aromatic N) is 5. The van der Waals surface area contributed by atoms with Crippen LogP contribution in [-0.4, -0.2) is 84.1 Å². The first-order chi connectivity index (χ1) is 21.3. The Kier molecular flexibility index (Phi) is 8.21. The molecule has 228 valence electrons. The molecule has 0 radical (unpaired) electrons. The Hall–Kier alpha value is -4.52. The number of piperazine rings is 1. The van der Waals surface area contributed by atoms with Crippen LogP contribution in [0.3, 0.4) is 0 Å². The zero-order chi connectivity index (χ0) is 30.8. The summed E-state index contributed by atoms with van der Waals surface area (Å²) in [5, 5.41) is 24.8. The molecule has 2 aromatic heterocycles. The fourth-order valence-electron chi connectivity index (χ4n) is 5.31. The van der Waals surface area contributed by atoms with Crippen LogP contribution in [0.2, 0.25) is 0 Å². The monoisotopic (exact) mass is 617 g/mol. The second-order valence-electron chi connectivity index (χ2n) is 10.6. The van der Waals surface area contributed by atoms with Crippen LogP contribution >= 0.6 is 0 Å². The SMILES string of the molecule is CN1CCN(c2ccc(-c3nn(S(=O)(=O)c4ccccc4)c4cnc(-c5c(O)cccc5F)cc34)cc2OCCCO)CC1. The number of hydrogen-bond donors (Lipinski definition) is 2. The van der Waals surface area contributed by atoms with Crippen LogP contribution in [0.4, 0.5) is 10.1 Å². The van der Waals surface area contributed by atoms with Gasteiger partial charge in [-0.2, -0.15) is 17.6 Å². The number of halogens is 1. The topological polar surface area (TPSA) is 121 Å². The summed E-state index contributed by atoms with van der Waals surface area (Å²) in [4.78, 5) is 8.87. The number of aromatic hydroxyl groups is 1. The van der Waals surface area contributed by atoms with Crippen LogP contribution in [-0.2, 0) is 10.0 Å². The molecule has 0 unspecified atom stereocenters. The van der Waals surface area contributed by atoms with E-state index in [2.05, 4.69) is 26.9 Å². The number of fused-ring (bicyclic) bond motifs is 1. The number of pyridine rings is 1. The van der Waals surface area contributed by atoms with E-state index in [1.807, 2.05) is 18.2 Å². The quantitative estimate of drug-likeness (QED) is 0.233. The second kappa shape index (κ2) is 12.2. The molecule has 0 atom stereocenters. The van der Waals surface area contributed by atoms with Crippen molar-refractivity contribution in [2.45, 2.75) is 11.3 Å². The first-order valence-corrected chi connectivity index (χ1v) is 15.7. The number of aliphatic hydroxyl groups excluding tert-OH is 1. The highest BCUT2D eigenvalue weighted by Crippen LogP contribution is 2.39. The largest absolute Gasteiger partial charge is 0.507 e. The molecule has 0 amide bonds. The van der Waals surface area contributed by atoms with Gasteiger partial charge >= 0.3 is 0 Å². The number of phenolic OH excluding ortho intramolecular Hbond substituents is 1. The van der Waals surface area contributed by atoms with Gasteiger partial charge in [-0.25, -0.2) is 4.39 Å². The van der Waals surface area contributed by atoms with Gasteiger partial charge in [-0.05, 0) is 49.5 Å². The molecule has 2 N–H and O–H groups in total. The van der Waals surface area contributed by atoms with Gasteiger partial charge in [0.1, 0.15) is 28.5 Å². The van der Waals surface area contributed by atoms with Crippen molar-refractivity contribution in [3.8, 4) is 34.0 Å². The Morgan fingerprint density at radius 2 is 1.75 bits per heavy atom. The van der Waals surface area contributed by atoms with Crippen LogP contribution in [0.15, 0.2) is 83.9 Å². The Balaban J connectivity index is 1.54. The first-order valence-electron chi connectivity index (χ1n) is 14.3. The minimum atomic E-state index is -4.13. The van der Waals surface area contributed by atoms with E-state index < -0.39 is 15.8 Å². The molecule has 0 saturated carbocycles. The number of benzene rings is 3. The summed E-state index contributed by atoms with van der Waals surface area (Å²) in [7, 11) is -2.06. The molecule has 10 nitrogen and oxygen atoms in total. The molecular formula is C32H32FN5O5S. The van der Waals surface area contributed by atoms with Gasteiger partial charge in [-0.1, -0.05) is 30.3 Å². The maximum absolute atomic E-state index is 14.9. The summed E-state index contributed by atoms with van der Waals surface area (Å²) in [6, 6.07) is 19.1. The Labute approximate surface area is 254 Å². The van der Waals surface area contributed by atoms with Gasteiger partial charge in [-0.3, -0.25) is 4.98 Å². The highest BCUT2D eigenvalue weighted by molar-refractivity contribution is 7.90. The molecule has 3 heterocycles. The normalized spacial score (nSPS) is 14.3. The van der Waals surface area contributed by atoms with Crippen molar-refractivity contribution >= 4 is 26.6 Å². The average Bonchev–Trinajstić information content (AvgIpc) is 3.42. The van der Waals surface area contributed by atoms with E-state index in [1.165, 1.54) is 42.6 Å². The van der Waals surface area contributed by atoms with E-state index >= 15 is 0 Å². The van der Waals surface area contributed by atoms with Crippen molar-refractivity contribution in [1.82, 2.24) is 19.1 Å². The summed E-state index contributed by atoms with van der Waals surface area (Å²) < 4.78 is 49.5. The zero-order valence-electron chi connectivity index (χ0n) is 24.1. The molecule has 44 heavy (non-hydrogen) atoms. The highest BCUT2D eigenvalue weighted by Gasteiger charge is 2.26. The van der Waals surface area contributed by atoms with Crippen molar-refractivity contribution in [2.75, 3.05) is 51.3 Å². The summed E-state index contributed by atoms with van der Waals surface area (Å²) in [5.74, 6) is -0.382. The number of likely N-dealkylation sites (N-methyl/N-ethyl adjacent to an activating group) is 1. The molecule has 3 aromatic carbocycles. The summed E-state index contributed by atoms with van der Waals surface area (Å²) in [6.45, 7) is 3.67. The minimum absolute atomic E-state index is 0.0193. The fourth-order valence-corrected chi connectivity index (χ4v) is 6.61. The van der Waals surface area contributed by atoms with Crippen molar-refractivity contribution in [2.24, 2.45) is 0 Å². The van der Waals surface area contributed by atoms with E-state index in [0.29, 0.717) is 35.4 Å². The molecular weight excluding hydrogens is 585 g/mol. The van der Waals surface area contributed by atoms with Crippen LogP contribution in [0.1, 0.15) is 6.42 Å². The lowest BCUT2D eigenvalue weighted by molar-refractivity contribution is 0.233. The molecule has 6 rings (SSSR count). The van der Waals surface area contributed by atoms with E-state index in [0.717, 1.165) is 36.0 Å². The minimum Gasteiger partial charge on any atom is -0.507 e. The lowest BCUT2D eigenvalue weighted by Crippen LogP contribution is -2.44. The van der Waals surface area contributed by atoms with Gasteiger partial charge in [0.25, 0.3) is 10.0 Å². The number of aromatic nitrogens is 3. The highest BCUT2D eigenvalue weighted by atomic mass is 32.2. The first kappa shape index (κ1) is 29.5. The van der Waals surface area contributed by atoms with Gasteiger partial charge in [0.15, 0.2) is 0 Å². The van der Waals surface area contributed by atoms with Crippen molar-refractivity contribution in [1.29, 1.82) is 0 Å². The van der Waals surface area contributed by atoms with E-state index in [1.54, 1.807) is 18.2 Å². The average molecular weight is 618 g/mol. The van der Waals surface area contributed by atoms with Gasteiger partial charge < -0.3 is 24.7 Å². The van der Waals surface area contributed by atoms with Gasteiger partial charge in [0.05, 0.1) is 34.6 Å². The molecule has 5 aromatic rings. The summed E-state index contributed by atoms with van der Waals surface area (Å²) in [5.41, 5.74) is 1.99. The fraction of sp³-hybridized carbons (Fsp3) is 0.250. The third-order valence-electron chi connectivity index (χ3n) is 7.69. The predicted molar refractivity (Wildman–Crippen MR) is 166 cm³/mol. The van der Waals surface area contributed by atoms with Crippen molar-refractivity contribution < 1.29 is 27.8 Å². The van der Waals surface area contributed by atoms with Gasteiger partial charge in [0.2, 0.25) is 0 Å². The van der Waals surface area contributed by atoms with Crippen LogP contribution < -0.4 is 9.64 Å². The van der Waals surface area contributed by atoms with Crippen molar-refractivity contribution in [3.05, 3.63) is 84.8 Å². The number of hydrogen-bond acceptors (Lipinski definition) is 9. The van der Waals surface area contributed by atoms with E-state index in [9.17, 15) is 23.0 Å². The number of anilines is 1. The summed E-state index contributed by atoms with van der Waals surface area (Å²) >= 11 is 0. The molecule has 12 heteroatoms. The third-order valence-corrected chi connectivity index (χ3v) is 9.29. The van der Waals surface area contributed by atoms with E-state index in [4.69, 9.17) is 4.74 Å². The molecule has 0 aliphatic carbocycles. The molecule has 1 saturated heterocycles. The van der Waals surface area contributed by atoms with Crippen molar-refractivity contribution in [3.63, 3.8) is 0 Å². The van der Waals surface area contributed by atoms with Crippen LogP contribution in [0.5, 0.6) is 11.5 Å². The standard InChI is InChI=1S/C32H32FN5O5S/c1-36-13-15-37(16-14-36)27-12-11-22(19-30(27)43-18-6-17-39)32-24-20-26(31-25(33)9-5-10-29(31)40)34-21-28(24)38(35-32)44(41,42)23-7-3-2-4-8-23/h2-5,7-12,19-21,39-40H,6,13-18H2,1H3. The number of phenols is 1. The Bertz CT molecular complexity index is 1890. The maximum Gasteiger partial charge on any atom is 0.283 e. The summed E-state index contributed by atoms with van der Waals surface area (Å²) in [6.07, 6.45) is 1.77. The molecule has 1 fully saturated rings. The molecule has 1 aliphatic heterocycles. The lowest BCUT2D eigenvalue weighted by Gasteiger charge is -2.35.